The minimum absolute atomic E-state index is 0.318. The quantitative estimate of drug-likeness (QED) is 0.333. The van der Waals surface area contributed by atoms with E-state index < -0.39 is 0 Å². The third-order valence-corrected chi connectivity index (χ3v) is 7.55. The predicted molar refractivity (Wildman–Crippen MR) is 130 cm³/mol. The Morgan fingerprint density at radius 2 is 2.06 bits per heavy atom. The van der Waals surface area contributed by atoms with Gasteiger partial charge in [0.2, 0.25) is 5.89 Å². The lowest BCUT2D eigenvalue weighted by Gasteiger charge is -2.35. The molecule has 2 heterocycles. The molecule has 0 amide bonds. The van der Waals surface area contributed by atoms with Gasteiger partial charge in [-0.3, -0.25) is 0 Å². The van der Waals surface area contributed by atoms with E-state index >= 15 is 0 Å². The van der Waals surface area contributed by atoms with Gasteiger partial charge in [-0.2, -0.15) is 0 Å². The highest BCUT2D eigenvalue weighted by molar-refractivity contribution is 7.13. The van der Waals surface area contributed by atoms with Gasteiger partial charge >= 0.3 is 5.97 Å². The van der Waals surface area contributed by atoms with Crippen LogP contribution in [-0.4, -0.2) is 22.5 Å². The fourth-order valence-corrected chi connectivity index (χ4v) is 5.69. The Morgan fingerprint density at radius 1 is 1.22 bits per heavy atom. The van der Waals surface area contributed by atoms with Crippen molar-refractivity contribution in [2.75, 3.05) is 6.61 Å². The van der Waals surface area contributed by atoms with Gasteiger partial charge in [0.25, 0.3) is 0 Å². The summed E-state index contributed by atoms with van der Waals surface area (Å²) >= 11 is 1.53. The van der Waals surface area contributed by atoms with Crippen LogP contribution in [-0.2, 0) is 4.74 Å². The highest BCUT2D eigenvalue weighted by Gasteiger charge is 2.27. The van der Waals surface area contributed by atoms with E-state index in [9.17, 15) is 4.79 Å². The number of benzene rings is 1. The predicted octanol–water partition coefficient (Wildman–Crippen LogP) is 7.38. The summed E-state index contributed by atoms with van der Waals surface area (Å²) in [6.45, 7) is 6.77. The number of ether oxygens (including phenoxy) is 1. The zero-order valence-corrected chi connectivity index (χ0v) is 20.0. The van der Waals surface area contributed by atoms with Crippen molar-refractivity contribution in [2.45, 2.75) is 59.3 Å². The number of hydrogen-bond donors (Lipinski definition) is 0. The van der Waals surface area contributed by atoms with Gasteiger partial charge in [-0.05, 0) is 68.6 Å². The zero-order chi connectivity index (χ0) is 22.5. The molecule has 1 aliphatic carbocycles. The molecule has 3 atom stereocenters. The summed E-state index contributed by atoms with van der Waals surface area (Å²) in [7, 11) is 0. The number of thiazole rings is 1. The standard InChI is InChI=1S/C26H32N2O3S/c1-4-18-11-10-17(16-19(18)5-2)8-7-9-22-28-23-20(26(29)30-6-3)12-13-21(24(23)31-22)25-27-14-15-32-25/h7,9,12-15,17-19H,4-6,8,10-11,16H2,1-3H3/b9-7+. The lowest BCUT2D eigenvalue weighted by Crippen LogP contribution is -2.23. The molecule has 0 spiro atoms. The number of oxazole rings is 1. The molecule has 4 rings (SSSR count). The van der Waals surface area contributed by atoms with Crippen LogP contribution in [0.25, 0.3) is 27.7 Å². The molecular formula is C26H32N2O3S. The molecule has 3 unspecified atom stereocenters. The molecule has 1 aliphatic rings. The van der Waals surface area contributed by atoms with Crippen LogP contribution in [0.4, 0.5) is 0 Å². The Kier molecular flexibility index (Phi) is 7.40. The van der Waals surface area contributed by atoms with Crippen LogP contribution in [0.15, 0.2) is 34.2 Å². The Labute approximate surface area is 193 Å². The molecule has 6 heteroatoms. The van der Waals surface area contributed by atoms with Crippen molar-refractivity contribution in [3.63, 3.8) is 0 Å². The van der Waals surface area contributed by atoms with Crippen LogP contribution < -0.4 is 0 Å². The molecule has 1 fully saturated rings. The van der Waals surface area contributed by atoms with Crippen molar-refractivity contribution in [1.82, 2.24) is 9.97 Å². The van der Waals surface area contributed by atoms with E-state index in [2.05, 4.69) is 29.9 Å². The van der Waals surface area contributed by atoms with Gasteiger partial charge in [0.15, 0.2) is 5.58 Å². The lowest BCUT2D eigenvalue weighted by atomic mass is 9.71. The van der Waals surface area contributed by atoms with E-state index in [4.69, 9.17) is 9.15 Å². The van der Waals surface area contributed by atoms with Crippen LogP contribution in [0.3, 0.4) is 0 Å². The second kappa shape index (κ2) is 10.4. The molecule has 1 aromatic carbocycles. The molecule has 32 heavy (non-hydrogen) atoms. The summed E-state index contributed by atoms with van der Waals surface area (Å²) in [4.78, 5) is 21.5. The first-order valence-electron chi connectivity index (χ1n) is 11.8. The molecular weight excluding hydrogens is 420 g/mol. The van der Waals surface area contributed by atoms with Crippen LogP contribution >= 0.6 is 11.3 Å². The third-order valence-electron chi connectivity index (χ3n) is 6.75. The van der Waals surface area contributed by atoms with Crippen molar-refractivity contribution >= 4 is 34.5 Å². The van der Waals surface area contributed by atoms with E-state index in [-0.39, 0.29) is 5.97 Å². The van der Waals surface area contributed by atoms with Crippen molar-refractivity contribution < 1.29 is 13.9 Å². The minimum atomic E-state index is -0.384. The Balaban J connectivity index is 1.57. The van der Waals surface area contributed by atoms with Crippen LogP contribution in [0.2, 0.25) is 0 Å². The SMILES string of the molecule is CCOC(=O)c1ccc(-c2nccs2)c2oc(/C=C/CC3CCC(CC)C(CC)C3)nc12. The summed E-state index contributed by atoms with van der Waals surface area (Å²) in [5.41, 5.74) is 2.39. The highest BCUT2D eigenvalue weighted by atomic mass is 32.1. The van der Waals surface area contributed by atoms with Crippen LogP contribution in [0.5, 0.6) is 0 Å². The van der Waals surface area contributed by atoms with Crippen molar-refractivity contribution in [2.24, 2.45) is 17.8 Å². The van der Waals surface area contributed by atoms with E-state index in [1.54, 1.807) is 19.2 Å². The molecule has 0 saturated heterocycles. The zero-order valence-electron chi connectivity index (χ0n) is 19.2. The summed E-state index contributed by atoms with van der Waals surface area (Å²) in [6, 6.07) is 3.62. The van der Waals surface area contributed by atoms with Gasteiger partial charge in [0, 0.05) is 11.6 Å². The second-order valence-electron chi connectivity index (χ2n) is 8.60. The molecule has 3 aromatic rings. The van der Waals surface area contributed by atoms with E-state index in [0.29, 0.717) is 29.2 Å². The number of rotatable bonds is 8. The Hall–Kier alpha value is -2.47. The number of aromatic nitrogens is 2. The molecule has 0 bridgehead atoms. The maximum Gasteiger partial charge on any atom is 0.340 e. The first kappa shape index (κ1) is 22.7. The maximum atomic E-state index is 12.5. The molecule has 5 nitrogen and oxygen atoms in total. The summed E-state index contributed by atoms with van der Waals surface area (Å²) in [5, 5.41) is 2.77. The Morgan fingerprint density at radius 3 is 2.78 bits per heavy atom. The number of carbonyl (C=O) groups is 1. The lowest BCUT2D eigenvalue weighted by molar-refractivity contribution is 0.0528. The number of fused-ring (bicyclic) bond motifs is 1. The third kappa shape index (κ3) is 4.80. The van der Waals surface area contributed by atoms with Crippen molar-refractivity contribution in [3.05, 3.63) is 41.2 Å². The largest absolute Gasteiger partial charge is 0.462 e. The molecule has 0 radical (unpaired) electrons. The molecule has 0 aliphatic heterocycles. The normalized spacial score (nSPS) is 21.4. The van der Waals surface area contributed by atoms with Crippen LogP contribution in [0.1, 0.15) is 75.5 Å². The van der Waals surface area contributed by atoms with Gasteiger partial charge in [0.05, 0.1) is 17.7 Å². The van der Waals surface area contributed by atoms with Gasteiger partial charge < -0.3 is 9.15 Å². The van der Waals surface area contributed by atoms with E-state index in [0.717, 1.165) is 34.7 Å². The van der Waals surface area contributed by atoms with Gasteiger partial charge in [0.1, 0.15) is 10.5 Å². The number of carbonyl (C=O) groups excluding carboxylic acids is 1. The minimum Gasteiger partial charge on any atom is -0.462 e. The van der Waals surface area contributed by atoms with Crippen molar-refractivity contribution in [3.8, 4) is 10.6 Å². The first-order valence-corrected chi connectivity index (χ1v) is 12.7. The first-order chi connectivity index (χ1) is 15.6. The molecule has 170 valence electrons. The van der Waals surface area contributed by atoms with Gasteiger partial charge in [-0.1, -0.05) is 32.8 Å². The van der Waals surface area contributed by atoms with Crippen LogP contribution in [0, 0.1) is 17.8 Å². The monoisotopic (exact) mass is 452 g/mol. The number of nitrogens with zero attached hydrogens (tertiary/aromatic N) is 2. The number of allylic oxidation sites excluding steroid dienone is 1. The fraction of sp³-hybridized carbons (Fsp3) is 0.500. The molecule has 0 N–H and O–H groups in total. The average Bonchev–Trinajstić information content (AvgIpc) is 3.48. The molecule has 1 saturated carbocycles. The van der Waals surface area contributed by atoms with Crippen molar-refractivity contribution in [1.29, 1.82) is 0 Å². The Bertz CT molecular complexity index is 1070. The smallest absolute Gasteiger partial charge is 0.340 e. The summed E-state index contributed by atoms with van der Waals surface area (Å²) in [6.07, 6.45) is 13.5. The molecule has 2 aromatic heterocycles. The fourth-order valence-electron chi connectivity index (χ4n) is 5.03. The van der Waals surface area contributed by atoms with Gasteiger partial charge in [-0.15, -0.1) is 11.3 Å². The average molecular weight is 453 g/mol. The maximum absolute atomic E-state index is 12.5. The summed E-state index contributed by atoms with van der Waals surface area (Å²) < 4.78 is 11.3. The van der Waals surface area contributed by atoms with Gasteiger partial charge in [-0.25, -0.2) is 14.8 Å². The summed E-state index contributed by atoms with van der Waals surface area (Å²) in [5.74, 6) is 2.60. The highest BCUT2D eigenvalue weighted by Crippen LogP contribution is 2.39. The number of hydrogen-bond acceptors (Lipinski definition) is 6. The number of esters is 1. The van der Waals surface area contributed by atoms with E-state index in [1.807, 2.05) is 17.5 Å². The van der Waals surface area contributed by atoms with E-state index in [1.165, 1.54) is 43.4 Å². The second-order valence-corrected chi connectivity index (χ2v) is 9.50. The topological polar surface area (TPSA) is 65.2 Å².